The molecule has 1 heterocycles. The second-order valence-corrected chi connectivity index (χ2v) is 4.83. The summed E-state index contributed by atoms with van der Waals surface area (Å²) in [6.07, 6.45) is 0. The number of carbonyl (C=O) groups is 2. The van der Waals surface area contributed by atoms with E-state index in [1.54, 1.807) is 11.6 Å². The number of nitrogens with zero attached hydrogens (tertiary/aromatic N) is 4. The summed E-state index contributed by atoms with van der Waals surface area (Å²) >= 11 is 0. The summed E-state index contributed by atoms with van der Waals surface area (Å²) in [5, 5.41) is 16.6. The van der Waals surface area contributed by atoms with E-state index in [0.717, 1.165) is 16.2 Å². The van der Waals surface area contributed by atoms with Crippen LogP contribution in [0.25, 0.3) is 5.69 Å². The largest absolute Gasteiger partial charge is 0.480 e. The average Bonchev–Trinajstić information content (AvgIpc) is 2.79. The molecule has 0 atom stereocenters. The van der Waals surface area contributed by atoms with Crippen LogP contribution in [-0.2, 0) is 4.79 Å². The summed E-state index contributed by atoms with van der Waals surface area (Å²) in [4.78, 5) is 23.9. The SMILES string of the molecule is Cc1cccc(-n2nnc(C(=O)N(C)CC(=O)O)c2C)c1. The average molecular weight is 288 g/mol. The monoisotopic (exact) mass is 288 g/mol. The van der Waals surface area contributed by atoms with Crippen molar-refractivity contribution in [3.05, 3.63) is 41.2 Å². The Kier molecular flexibility index (Phi) is 4.02. The Balaban J connectivity index is 2.33. The Labute approximate surface area is 121 Å². The molecule has 2 rings (SSSR count). The van der Waals surface area contributed by atoms with Gasteiger partial charge in [0, 0.05) is 7.05 Å². The van der Waals surface area contributed by atoms with Gasteiger partial charge in [0.25, 0.3) is 5.91 Å². The van der Waals surface area contributed by atoms with E-state index >= 15 is 0 Å². The highest BCUT2D eigenvalue weighted by atomic mass is 16.4. The van der Waals surface area contributed by atoms with E-state index in [1.165, 1.54) is 7.05 Å². The van der Waals surface area contributed by atoms with Gasteiger partial charge in [0.05, 0.1) is 11.4 Å². The highest BCUT2D eigenvalue weighted by Crippen LogP contribution is 2.14. The molecule has 0 saturated heterocycles. The van der Waals surface area contributed by atoms with Gasteiger partial charge >= 0.3 is 5.97 Å². The van der Waals surface area contributed by atoms with Crippen molar-refractivity contribution in [2.45, 2.75) is 13.8 Å². The lowest BCUT2D eigenvalue weighted by Gasteiger charge is -2.13. The van der Waals surface area contributed by atoms with Crippen LogP contribution >= 0.6 is 0 Å². The first kappa shape index (κ1) is 14.7. The number of amides is 1. The predicted molar refractivity (Wildman–Crippen MR) is 75.4 cm³/mol. The highest BCUT2D eigenvalue weighted by Gasteiger charge is 2.22. The number of aromatic nitrogens is 3. The zero-order chi connectivity index (χ0) is 15.6. The van der Waals surface area contributed by atoms with Gasteiger partial charge in [0.1, 0.15) is 6.54 Å². The first-order valence-electron chi connectivity index (χ1n) is 6.36. The summed E-state index contributed by atoms with van der Waals surface area (Å²) in [5.74, 6) is -1.54. The molecule has 1 amide bonds. The van der Waals surface area contributed by atoms with Gasteiger partial charge in [-0.05, 0) is 31.5 Å². The Hall–Kier alpha value is -2.70. The number of benzene rings is 1. The third-order valence-electron chi connectivity index (χ3n) is 3.06. The third-order valence-corrected chi connectivity index (χ3v) is 3.06. The molecule has 1 N–H and O–H groups in total. The minimum atomic E-state index is -1.07. The van der Waals surface area contributed by atoms with Crippen LogP contribution in [-0.4, -0.2) is 50.5 Å². The van der Waals surface area contributed by atoms with Gasteiger partial charge in [-0.15, -0.1) is 5.10 Å². The second kappa shape index (κ2) is 5.74. The Morgan fingerprint density at radius 2 is 2.05 bits per heavy atom. The predicted octanol–water partition coefficient (Wildman–Crippen LogP) is 1.04. The zero-order valence-corrected chi connectivity index (χ0v) is 12.1. The fourth-order valence-corrected chi connectivity index (χ4v) is 1.99. The Morgan fingerprint density at radius 3 is 2.67 bits per heavy atom. The fraction of sp³-hybridized carbons (Fsp3) is 0.286. The van der Waals surface area contributed by atoms with Crippen LogP contribution in [0.4, 0.5) is 0 Å². The standard InChI is InChI=1S/C14H16N4O3/c1-9-5-4-6-11(7-9)18-10(2)13(15-16-18)14(21)17(3)8-12(19)20/h4-7H,8H2,1-3H3,(H,19,20). The maximum absolute atomic E-state index is 12.2. The molecule has 0 bridgehead atoms. The summed E-state index contributed by atoms with van der Waals surface area (Å²) < 4.78 is 1.56. The lowest BCUT2D eigenvalue weighted by atomic mass is 10.2. The molecular weight excluding hydrogens is 272 g/mol. The molecule has 1 aromatic heterocycles. The molecule has 21 heavy (non-hydrogen) atoms. The van der Waals surface area contributed by atoms with Crippen LogP contribution in [0.3, 0.4) is 0 Å². The molecule has 2 aromatic rings. The molecule has 1 aromatic carbocycles. The van der Waals surface area contributed by atoms with E-state index in [-0.39, 0.29) is 12.2 Å². The van der Waals surface area contributed by atoms with Crippen molar-refractivity contribution in [3.63, 3.8) is 0 Å². The molecule has 0 unspecified atom stereocenters. The molecule has 0 aliphatic carbocycles. The molecule has 0 aliphatic rings. The van der Waals surface area contributed by atoms with Crippen LogP contribution in [0, 0.1) is 13.8 Å². The number of carboxylic acids is 1. The van der Waals surface area contributed by atoms with E-state index in [4.69, 9.17) is 5.11 Å². The number of likely N-dealkylation sites (N-methyl/N-ethyl adjacent to an activating group) is 1. The number of rotatable bonds is 4. The number of aryl methyl sites for hydroxylation is 1. The van der Waals surface area contributed by atoms with Gasteiger partial charge in [0.2, 0.25) is 0 Å². The van der Waals surface area contributed by atoms with Crippen molar-refractivity contribution in [3.8, 4) is 5.69 Å². The molecule has 7 heteroatoms. The highest BCUT2D eigenvalue weighted by molar-refractivity contribution is 5.94. The molecule has 0 spiro atoms. The molecule has 0 fully saturated rings. The van der Waals surface area contributed by atoms with Gasteiger partial charge in [0.15, 0.2) is 5.69 Å². The summed E-state index contributed by atoms with van der Waals surface area (Å²) in [7, 11) is 1.42. The fourth-order valence-electron chi connectivity index (χ4n) is 1.99. The van der Waals surface area contributed by atoms with Crippen molar-refractivity contribution >= 4 is 11.9 Å². The Morgan fingerprint density at radius 1 is 1.33 bits per heavy atom. The number of hydrogen-bond donors (Lipinski definition) is 1. The molecule has 7 nitrogen and oxygen atoms in total. The van der Waals surface area contributed by atoms with Crippen LogP contribution in [0.2, 0.25) is 0 Å². The smallest absolute Gasteiger partial charge is 0.323 e. The second-order valence-electron chi connectivity index (χ2n) is 4.83. The normalized spacial score (nSPS) is 10.4. The molecular formula is C14H16N4O3. The quantitative estimate of drug-likeness (QED) is 0.908. The lowest BCUT2D eigenvalue weighted by molar-refractivity contribution is -0.137. The summed E-state index contributed by atoms with van der Waals surface area (Å²) in [5.41, 5.74) is 2.60. The van der Waals surface area contributed by atoms with Crippen molar-refractivity contribution in [2.24, 2.45) is 0 Å². The maximum Gasteiger partial charge on any atom is 0.323 e. The van der Waals surface area contributed by atoms with Gasteiger partial charge < -0.3 is 10.0 Å². The third kappa shape index (κ3) is 3.07. The lowest BCUT2D eigenvalue weighted by Crippen LogP contribution is -2.32. The minimum absolute atomic E-state index is 0.153. The number of hydrogen-bond acceptors (Lipinski definition) is 4. The maximum atomic E-state index is 12.2. The van der Waals surface area contributed by atoms with E-state index in [9.17, 15) is 9.59 Å². The first-order chi connectivity index (χ1) is 9.90. The van der Waals surface area contributed by atoms with E-state index < -0.39 is 11.9 Å². The van der Waals surface area contributed by atoms with Crippen LogP contribution in [0.5, 0.6) is 0 Å². The topological polar surface area (TPSA) is 88.3 Å². The first-order valence-corrected chi connectivity index (χ1v) is 6.36. The number of aliphatic carboxylic acids is 1. The molecule has 0 saturated carbocycles. The van der Waals surface area contributed by atoms with Crippen molar-refractivity contribution in [1.29, 1.82) is 0 Å². The van der Waals surface area contributed by atoms with Gasteiger partial charge in [-0.2, -0.15) is 0 Å². The molecule has 0 aliphatic heterocycles. The van der Waals surface area contributed by atoms with Gasteiger partial charge in [-0.25, -0.2) is 4.68 Å². The summed E-state index contributed by atoms with van der Waals surface area (Å²) in [6, 6.07) is 7.65. The van der Waals surface area contributed by atoms with E-state index in [2.05, 4.69) is 10.3 Å². The van der Waals surface area contributed by atoms with Crippen LogP contribution < -0.4 is 0 Å². The summed E-state index contributed by atoms with van der Waals surface area (Å²) in [6.45, 7) is 3.31. The van der Waals surface area contributed by atoms with Crippen LogP contribution in [0.15, 0.2) is 24.3 Å². The number of carbonyl (C=O) groups excluding carboxylic acids is 1. The van der Waals surface area contributed by atoms with Crippen molar-refractivity contribution in [1.82, 2.24) is 19.9 Å². The Bertz CT molecular complexity index is 693. The molecule has 110 valence electrons. The minimum Gasteiger partial charge on any atom is -0.480 e. The van der Waals surface area contributed by atoms with Gasteiger partial charge in [-0.1, -0.05) is 17.3 Å². The molecule has 0 radical (unpaired) electrons. The number of carboxylic acid groups (broad SMARTS) is 1. The van der Waals surface area contributed by atoms with E-state index in [0.29, 0.717) is 5.69 Å². The van der Waals surface area contributed by atoms with E-state index in [1.807, 2.05) is 31.2 Å². The van der Waals surface area contributed by atoms with Crippen molar-refractivity contribution < 1.29 is 14.7 Å². The van der Waals surface area contributed by atoms with Crippen molar-refractivity contribution in [2.75, 3.05) is 13.6 Å². The van der Waals surface area contributed by atoms with Crippen LogP contribution in [0.1, 0.15) is 21.7 Å². The zero-order valence-electron chi connectivity index (χ0n) is 12.1. The van der Waals surface area contributed by atoms with Gasteiger partial charge in [-0.3, -0.25) is 9.59 Å².